The van der Waals surface area contributed by atoms with Gasteiger partial charge in [0, 0.05) is 53.5 Å². The number of carbonyl (C=O) groups excluding carboxylic acids is 3. The molecule has 0 unspecified atom stereocenters. The molecule has 0 saturated heterocycles. The minimum absolute atomic E-state index is 0.0853. The second kappa shape index (κ2) is 11.6. The van der Waals surface area contributed by atoms with Crippen LogP contribution in [0.1, 0.15) is 77.3 Å². The van der Waals surface area contributed by atoms with Crippen molar-refractivity contribution in [3.05, 3.63) is 74.5 Å². The zero-order valence-corrected chi connectivity index (χ0v) is 27.7. The molecule has 0 radical (unpaired) electrons. The SMILES string of the molecule is CCN1C2=C(C(=O)CC(C)(C)C2)C(c2cc(Br)c(OCC(=O)Nc3cccc(C)c3)c(OC)c2)C2=C1CC(C)(C)CC2=O. The van der Waals surface area contributed by atoms with Crippen LogP contribution in [0.2, 0.25) is 0 Å². The Morgan fingerprint density at radius 1 is 0.977 bits per heavy atom. The minimum atomic E-state index is -0.496. The average molecular weight is 650 g/mol. The Morgan fingerprint density at radius 2 is 1.58 bits per heavy atom. The van der Waals surface area contributed by atoms with Gasteiger partial charge < -0.3 is 19.7 Å². The van der Waals surface area contributed by atoms with E-state index >= 15 is 0 Å². The topological polar surface area (TPSA) is 84.9 Å². The van der Waals surface area contributed by atoms with Gasteiger partial charge in [0.1, 0.15) is 0 Å². The maximum atomic E-state index is 13.9. The Hall–Kier alpha value is -3.39. The lowest BCUT2D eigenvalue weighted by Gasteiger charge is -2.49. The van der Waals surface area contributed by atoms with Crippen molar-refractivity contribution >= 4 is 39.1 Å². The van der Waals surface area contributed by atoms with Crippen LogP contribution >= 0.6 is 15.9 Å². The van der Waals surface area contributed by atoms with Crippen molar-refractivity contribution in [1.29, 1.82) is 0 Å². The summed E-state index contributed by atoms with van der Waals surface area (Å²) < 4.78 is 12.3. The van der Waals surface area contributed by atoms with Crippen LogP contribution in [0.25, 0.3) is 0 Å². The summed E-state index contributed by atoms with van der Waals surface area (Å²) >= 11 is 3.65. The lowest BCUT2D eigenvalue weighted by molar-refractivity contribution is -0.120. The van der Waals surface area contributed by atoms with Gasteiger partial charge in [-0.15, -0.1) is 0 Å². The first-order valence-corrected chi connectivity index (χ1v) is 15.7. The normalized spacial score (nSPS) is 19.7. The molecule has 2 aliphatic carbocycles. The summed E-state index contributed by atoms with van der Waals surface area (Å²) in [6, 6.07) is 11.3. The van der Waals surface area contributed by atoms with Crippen molar-refractivity contribution in [2.45, 2.75) is 73.1 Å². The maximum Gasteiger partial charge on any atom is 0.262 e. The molecule has 43 heavy (non-hydrogen) atoms. The fourth-order valence-electron chi connectivity index (χ4n) is 6.87. The number of hydrogen-bond donors (Lipinski definition) is 1. The number of nitrogens with one attached hydrogen (secondary N) is 1. The molecule has 0 spiro atoms. The number of aryl methyl sites for hydroxylation is 1. The highest BCUT2D eigenvalue weighted by Crippen LogP contribution is 2.55. The molecule has 0 fully saturated rings. The first-order chi connectivity index (χ1) is 20.2. The fourth-order valence-corrected chi connectivity index (χ4v) is 7.44. The van der Waals surface area contributed by atoms with Gasteiger partial charge in [-0.2, -0.15) is 0 Å². The van der Waals surface area contributed by atoms with Gasteiger partial charge in [0.25, 0.3) is 5.91 Å². The van der Waals surface area contributed by atoms with Gasteiger partial charge >= 0.3 is 0 Å². The summed E-state index contributed by atoms with van der Waals surface area (Å²) in [6.45, 7) is 13.1. The fraction of sp³-hybridized carbons (Fsp3) is 0.457. The molecule has 8 heteroatoms. The molecule has 2 aromatic rings. The lowest BCUT2D eigenvalue weighted by atomic mass is 9.63. The van der Waals surface area contributed by atoms with Gasteiger partial charge in [0.2, 0.25) is 0 Å². The van der Waals surface area contributed by atoms with Crippen molar-refractivity contribution in [3.8, 4) is 11.5 Å². The average Bonchev–Trinajstić information content (AvgIpc) is 2.89. The molecule has 1 amide bonds. The number of Topliss-reactive ketones (excluding diaryl/α,β-unsaturated/α-hetero) is 2. The van der Waals surface area contributed by atoms with Crippen LogP contribution in [-0.2, 0) is 14.4 Å². The number of nitrogens with zero attached hydrogens (tertiary/aromatic N) is 1. The number of rotatable bonds is 7. The molecule has 1 heterocycles. The monoisotopic (exact) mass is 648 g/mol. The van der Waals surface area contributed by atoms with Crippen LogP contribution in [0, 0.1) is 17.8 Å². The highest BCUT2D eigenvalue weighted by molar-refractivity contribution is 9.10. The first kappa shape index (κ1) is 31.0. The largest absolute Gasteiger partial charge is 0.493 e. The Kier molecular flexibility index (Phi) is 8.38. The van der Waals surface area contributed by atoms with Crippen LogP contribution in [-0.4, -0.2) is 42.6 Å². The van der Waals surface area contributed by atoms with Crippen LogP contribution in [0.4, 0.5) is 5.69 Å². The van der Waals surface area contributed by atoms with E-state index in [0.29, 0.717) is 52.2 Å². The van der Waals surface area contributed by atoms with E-state index in [1.54, 1.807) is 7.11 Å². The summed E-state index contributed by atoms with van der Waals surface area (Å²) in [6.07, 6.45) is 2.38. The number of amides is 1. The Balaban J connectivity index is 1.55. The first-order valence-electron chi connectivity index (χ1n) is 14.9. The number of allylic oxidation sites excluding steroid dienone is 4. The van der Waals surface area contributed by atoms with E-state index in [-0.39, 0.29) is 34.9 Å². The molecule has 0 aromatic heterocycles. The Bertz CT molecular complexity index is 1510. The zero-order valence-electron chi connectivity index (χ0n) is 26.2. The number of ether oxygens (including phenoxy) is 2. The molecule has 1 N–H and O–H groups in total. The van der Waals surface area contributed by atoms with Gasteiger partial charge in [0.05, 0.1) is 11.6 Å². The number of benzene rings is 2. The molecule has 0 bridgehead atoms. The summed E-state index contributed by atoms with van der Waals surface area (Å²) in [5, 5.41) is 2.86. The Labute approximate surface area is 262 Å². The summed E-state index contributed by atoms with van der Waals surface area (Å²) in [4.78, 5) is 42.8. The van der Waals surface area contributed by atoms with Crippen molar-refractivity contribution in [1.82, 2.24) is 4.90 Å². The van der Waals surface area contributed by atoms with Gasteiger partial charge in [-0.05, 0) is 88.8 Å². The van der Waals surface area contributed by atoms with Crippen molar-refractivity contribution in [3.63, 3.8) is 0 Å². The number of hydrogen-bond acceptors (Lipinski definition) is 6. The Morgan fingerprint density at radius 3 is 2.12 bits per heavy atom. The second-order valence-electron chi connectivity index (χ2n) is 13.5. The van der Waals surface area contributed by atoms with Gasteiger partial charge in [-0.1, -0.05) is 39.8 Å². The summed E-state index contributed by atoms with van der Waals surface area (Å²) in [5.74, 6) is 0.175. The van der Waals surface area contributed by atoms with Gasteiger partial charge in [-0.25, -0.2) is 0 Å². The van der Waals surface area contributed by atoms with E-state index < -0.39 is 5.92 Å². The van der Waals surface area contributed by atoms with Crippen molar-refractivity contribution < 1.29 is 23.9 Å². The molecule has 0 saturated carbocycles. The maximum absolute atomic E-state index is 13.9. The van der Waals surface area contributed by atoms with Crippen LogP contribution in [0.3, 0.4) is 0 Å². The minimum Gasteiger partial charge on any atom is -0.493 e. The predicted molar refractivity (Wildman–Crippen MR) is 171 cm³/mol. The van der Waals surface area contributed by atoms with Gasteiger partial charge in [-0.3, -0.25) is 14.4 Å². The van der Waals surface area contributed by atoms with E-state index in [0.717, 1.165) is 35.4 Å². The molecule has 7 nitrogen and oxygen atoms in total. The van der Waals surface area contributed by atoms with Crippen LogP contribution in [0.15, 0.2) is 63.4 Å². The van der Waals surface area contributed by atoms with E-state index in [1.165, 1.54) is 0 Å². The zero-order chi connectivity index (χ0) is 31.3. The highest BCUT2D eigenvalue weighted by atomic mass is 79.9. The molecule has 3 aliphatic rings. The number of ketones is 2. The quantitative estimate of drug-likeness (QED) is 0.335. The smallest absolute Gasteiger partial charge is 0.262 e. The van der Waals surface area contributed by atoms with Gasteiger partial charge in [0.15, 0.2) is 29.7 Å². The molecule has 1 aliphatic heterocycles. The lowest BCUT2D eigenvalue weighted by Crippen LogP contribution is -2.44. The van der Waals surface area contributed by atoms with Crippen molar-refractivity contribution in [2.24, 2.45) is 10.8 Å². The highest BCUT2D eigenvalue weighted by Gasteiger charge is 2.48. The molecule has 5 rings (SSSR count). The van der Waals surface area contributed by atoms with E-state index in [9.17, 15) is 14.4 Å². The number of carbonyl (C=O) groups is 3. The second-order valence-corrected chi connectivity index (χ2v) is 14.4. The molecular weight excluding hydrogens is 608 g/mol. The van der Waals surface area contributed by atoms with E-state index in [4.69, 9.17) is 9.47 Å². The predicted octanol–water partition coefficient (Wildman–Crippen LogP) is 7.49. The summed E-state index contributed by atoms with van der Waals surface area (Å²) in [7, 11) is 1.54. The number of halogens is 1. The van der Waals surface area contributed by atoms with Crippen LogP contribution < -0.4 is 14.8 Å². The standard InChI is InChI=1S/C35H41BrN2O5/c1-8-38-24-15-34(3,4)17-26(39)31(24)30(32-25(38)16-35(5,6)18-27(32)40)21-13-23(36)33(28(14-21)42-7)43-19-29(41)37-22-11-9-10-20(2)12-22/h9-14,30H,8,15-19H2,1-7H3,(H,37,41). The number of methoxy groups -OCH3 is 1. The third kappa shape index (κ3) is 6.17. The third-order valence-electron chi connectivity index (χ3n) is 8.57. The third-order valence-corrected chi connectivity index (χ3v) is 9.16. The summed E-state index contributed by atoms with van der Waals surface area (Å²) in [5.41, 5.74) is 5.67. The molecule has 0 atom stereocenters. The van der Waals surface area contributed by atoms with Crippen LogP contribution in [0.5, 0.6) is 11.5 Å². The van der Waals surface area contributed by atoms with E-state index in [2.05, 4.69) is 60.8 Å². The van der Waals surface area contributed by atoms with Crippen molar-refractivity contribution in [2.75, 3.05) is 25.6 Å². The number of anilines is 1. The molecular formula is C35H41BrN2O5. The molecule has 2 aromatic carbocycles. The molecule has 228 valence electrons. The van der Waals surface area contributed by atoms with E-state index in [1.807, 2.05) is 43.3 Å².